The van der Waals surface area contributed by atoms with Gasteiger partial charge in [-0.1, -0.05) is 19.1 Å². The topological polar surface area (TPSA) is 75.7 Å². The van der Waals surface area contributed by atoms with Gasteiger partial charge >= 0.3 is 0 Å². The Morgan fingerprint density at radius 3 is 2.42 bits per heavy atom. The van der Waals surface area contributed by atoms with E-state index in [1.54, 1.807) is 18.1 Å². The summed E-state index contributed by atoms with van der Waals surface area (Å²) in [5, 5.41) is 0. The molecule has 1 aromatic carbocycles. The van der Waals surface area contributed by atoms with Crippen molar-refractivity contribution in [2.24, 2.45) is 0 Å². The first kappa shape index (κ1) is 20.4. The first-order valence-electron chi connectivity index (χ1n) is 8.32. The summed E-state index contributed by atoms with van der Waals surface area (Å²) >= 11 is 1.27. The second kappa shape index (κ2) is 9.16. The summed E-state index contributed by atoms with van der Waals surface area (Å²) in [6.45, 7) is 4.34. The molecular weight excluding hydrogens is 372 g/mol. The Morgan fingerprint density at radius 1 is 1.19 bits per heavy atom. The highest BCUT2D eigenvalue weighted by Gasteiger charge is 2.17. The quantitative estimate of drug-likeness (QED) is 0.707. The molecule has 142 valence electrons. The lowest BCUT2D eigenvalue weighted by Gasteiger charge is -2.21. The zero-order valence-electron chi connectivity index (χ0n) is 15.2. The summed E-state index contributed by atoms with van der Waals surface area (Å²) < 4.78 is 32.6. The number of aryl methyl sites for hydroxylation is 1. The number of sulfonamides is 1. The van der Waals surface area contributed by atoms with Crippen LogP contribution in [0.15, 0.2) is 40.6 Å². The van der Waals surface area contributed by atoms with Gasteiger partial charge in [-0.15, -0.1) is 11.3 Å². The Hall–Kier alpha value is -1.90. The fraction of sp³-hybridized carbons (Fsp3) is 0.389. The number of ether oxygens (including phenoxy) is 1. The number of amides is 1. The van der Waals surface area contributed by atoms with Crippen LogP contribution in [0.4, 0.5) is 0 Å². The van der Waals surface area contributed by atoms with Gasteiger partial charge in [-0.25, -0.2) is 13.1 Å². The van der Waals surface area contributed by atoms with Gasteiger partial charge in [0.1, 0.15) is 9.96 Å². The summed E-state index contributed by atoms with van der Waals surface area (Å²) in [5.41, 5.74) is 0.953. The summed E-state index contributed by atoms with van der Waals surface area (Å²) in [6, 6.07) is 10.9. The van der Waals surface area contributed by atoms with Gasteiger partial charge in [-0.2, -0.15) is 0 Å². The van der Waals surface area contributed by atoms with E-state index in [1.807, 2.05) is 37.3 Å². The lowest BCUT2D eigenvalue weighted by Crippen LogP contribution is -2.36. The molecule has 1 heterocycles. The molecule has 6 nitrogen and oxygen atoms in total. The van der Waals surface area contributed by atoms with Crippen molar-refractivity contribution in [3.8, 4) is 5.75 Å². The maximum Gasteiger partial charge on any atom is 0.250 e. The Bertz CT molecular complexity index is 829. The molecule has 0 saturated heterocycles. The van der Waals surface area contributed by atoms with Crippen molar-refractivity contribution >= 4 is 27.3 Å². The lowest BCUT2D eigenvalue weighted by molar-refractivity contribution is -0.129. The van der Waals surface area contributed by atoms with Crippen molar-refractivity contribution in [1.82, 2.24) is 9.62 Å². The van der Waals surface area contributed by atoms with E-state index in [0.717, 1.165) is 22.6 Å². The number of hydrogen-bond acceptors (Lipinski definition) is 5. The normalized spacial score (nSPS) is 11.3. The third kappa shape index (κ3) is 5.55. The van der Waals surface area contributed by atoms with Gasteiger partial charge in [-0.3, -0.25) is 4.79 Å². The van der Waals surface area contributed by atoms with E-state index in [2.05, 4.69) is 4.72 Å². The van der Waals surface area contributed by atoms with E-state index in [9.17, 15) is 13.2 Å². The minimum absolute atomic E-state index is 0.107. The fourth-order valence-electron chi connectivity index (χ4n) is 2.38. The summed E-state index contributed by atoms with van der Waals surface area (Å²) in [6.07, 6.45) is 0.806. The fourth-order valence-corrected chi connectivity index (χ4v) is 4.74. The molecule has 0 spiro atoms. The molecule has 0 aliphatic carbocycles. The van der Waals surface area contributed by atoms with Gasteiger partial charge < -0.3 is 9.64 Å². The van der Waals surface area contributed by atoms with E-state index >= 15 is 0 Å². The highest BCUT2D eigenvalue weighted by atomic mass is 32.2. The van der Waals surface area contributed by atoms with Crippen LogP contribution >= 0.6 is 11.3 Å². The lowest BCUT2D eigenvalue weighted by atomic mass is 10.2. The molecule has 2 aromatic rings. The van der Waals surface area contributed by atoms with Crippen molar-refractivity contribution in [1.29, 1.82) is 0 Å². The second-order valence-electron chi connectivity index (χ2n) is 5.76. The summed E-state index contributed by atoms with van der Waals surface area (Å²) in [5.74, 6) is 0.641. The van der Waals surface area contributed by atoms with Gasteiger partial charge in [0.2, 0.25) is 15.9 Å². The van der Waals surface area contributed by atoms with Crippen LogP contribution in [0.1, 0.15) is 24.3 Å². The van der Waals surface area contributed by atoms with Gasteiger partial charge in [-0.05, 0) is 36.2 Å². The van der Waals surface area contributed by atoms with Crippen molar-refractivity contribution in [3.63, 3.8) is 0 Å². The molecule has 0 bridgehead atoms. The molecule has 1 N–H and O–H groups in total. The number of hydrogen-bond donors (Lipinski definition) is 1. The molecule has 0 radical (unpaired) electrons. The maximum absolute atomic E-state index is 12.3. The van der Waals surface area contributed by atoms with Crippen molar-refractivity contribution in [3.05, 3.63) is 46.8 Å². The van der Waals surface area contributed by atoms with Gasteiger partial charge in [0.05, 0.1) is 7.11 Å². The minimum atomic E-state index is -3.54. The third-order valence-corrected chi connectivity index (χ3v) is 7.08. The number of methoxy groups -OCH3 is 1. The first-order chi connectivity index (χ1) is 12.4. The van der Waals surface area contributed by atoms with E-state index in [-0.39, 0.29) is 12.5 Å². The molecule has 1 aromatic heterocycles. The number of nitrogens with one attached hydrogen (secondary N) is 1. The smallest absolute Gasteiger partial charge is 0.250 e. The van der Waals surface area contributed by atoms with Gasteiger partial charge in [0.15, 0.2) is 0 Å². The highest BCUT2D eigenvalue weighted by Crippen LogP contribution is 2.21. The number of thiophene rings is 1. The van der Waals surface area contributed by atoms with Crippen LogP contribution in [0.3, 0.4) is 0 Å². The molecule has 0 fully saturated rings. The monoisotopic (exact) mass is 396 g/mol. The maximum atomic E-state index is 12.3. The van der Waals surface area contributed by atoms with E-state index in [1.165, 1.54) is 18.3 Å². The molecule has 0 aliphatic heterocycles. The molecule has 1 amide bonds. The molecule has 0 saturated carbocycles. The molecule has 0 unspecified atom stereocenters. The standard InChI is InChI=1S/C18H24N2O4S2/c1-4-17-9-10-18(25-17)26(22,23)19-11-12-20(14(2)21)13-15-5-7-16(24-3)8-6-15/h5-10,19H,4,11-13H2,1-3H3. The largest absolute Gasteiger partial charge is 0.497 e. The predicted octanol–water partition coefficient (Wildman–Crippen LogP) is 2.65. The first-order valence-corrected chi connectivity index (χ1v) is 10.6. The molecule has 0 aliphatic rings. The molecule has 0 atom stereocenters. The zero-order chi connectivity index (χ0) is 19.2. The minimum Gasteiger partial charge on any atom is -0.497 e. The summed E-state index contributed by atoms with van der Waals surface area (Å²) in [4.78, 5) is 14.5. The van der Waals surface area contributed by atoms with Crippen LogP contribution in [0.5, 0.6) is 5.75 Å². The summed E-state index contributed by atoms with van der Waals surface area (Å²) in [7, 11) is -1.94. The van der Waals surface area contributed by atoms with Crippen LogP contribution in [-0.4, -0.2) is 39.4 Å². The van der Waals surface area contributed by atoms with Crippen LogP contribution in [0.2, 0.25) is 0 Å². The number of rotatable bonds is 9. The second-order valence-corrected chi connectivity index (χ2v) is 8.92. The average molecular weight is 397 g/mol. The van der Waals surface area contributed by atoms with E-state index < -0.39 is 10.0 Å². The zero-order valence-corrected chi connectivity index (χ0v) is 16.8. The number of carbonyl (C=O) groups is 1. The molecule has 8 heteroatoms. The van der Waals surface area contributed by atoms with Crippen molar-refractivity contribution < 1.29 is 17.9 Å². The van der Waals surface area contributed by atoms with Crippen LogP contribution in [0, 0.1) is 0 Å². The molecular formula is C18H24N2O4S2. The van der Waals surface area contributed by atoms with Crippen LogP contribution in [-0.2, 0) is 27.8 Å². The van der Waals surface area contributed by atoms with Crippen LogP contribution < -0.4 is 9.46 Å². The van der Waals surface area contributed by atoms with E-state index in [4.69, 9.17) is 4.74 Å². The molecule has 2 rings (SSSR count). The van der Waals surface area contributed by atoms with Crippen molar-refractivity contribution in [2.45, 2.75) is 31.0 Å². The predicted molar refractivity (Wildman–Crippen MR) is 103 cm³/mol. The Balaban J connectivity index is 1.94. The Kier molecular flexibility index (Phi) is 7.19. The van der Waals surface area contributed by atoms with E-state index in [0.29, 0.717) is 17.3 Å². The molecule has 26 heavy (non-hydrogen) atoms. The number of nitrogens with zero attached hydrogens (tertiary/aromatic N) is 1. The van der Waals surface area contributed by atoms with Gasteiger partial charge in [0, 0.05) is 31.4 Å². The highest BCUT2D eigenvalue weighted by molar-refractivity contribution is 7.91. The Morgan fingerprint density at radius 2 is 1.88 bits per heavy atom. The number of benzene rings is 1. The Labute approximate surface area is 158 Å². The average Bonchev–Trinajstić information content (AvgIpc) is 3.11. The van der Waals surface area contributed by atoms with Crippen LogP contribution in [0.25, 0.3) is 0 Å². The third-order valence-electron chi connectivity index (χ3n) is 3.90. The van der Waals surface area contributed by atoms with Gasteiger partial charge in [0.25, 0.3) is 0 Å². The van der Waals surface area contributed by atoms with Crippen molar-refractivity contribution in [2.75, 3.05) is 20.2 Å². The SMILES string of the molecule is CCc1ccc(S(=O)(=O)NCCN(Cc2ccc(OC)cc2)C(C)=O)s1. The number of carbonyl (C=O) groups excluding carboxylic acids is 1.